The number of carbonyl (C=O) groups excluding carboxylic acids is 3. The van der Waals surface area contributed by atoms with Crippen molar-refractivity contribution in [3.05, 3.63) is 34.3 Å². The molecule has 0 aliphatic heterocycles. The highest BCUT2D eigenvalue weighted by atomic mass is 16.5. The molecule has 0 radical (unpaired) electrons. The molecular weight excluding hydrogens is 606 g/mol. The molecule has 3 atom stereocenters. The molecule has 48 heavy (non-hydrogen) atoms. The van der Waals surface area contributed by atoms with E-state index in [2.05, 4.69) is 60.8 Å². The molecule has 0 aromatic rings. The predicted octanol–water partition coefficient (Wildman–Crippen LogP) is 10.5. The molecule has 0 amide bonds. The molecule has 0 aliphatic carbocycles. The summed E-state index contributed by atoms with van der Waals surface area (Å²) in [6, 6.07) is 0.141. The molecule has 0 heterocycles. The second-order valence-corrected chi connectivity index (χ2v) is 18.3. The summed E-state index contributed by atoms with van der Waals surface area (Å²) in [6.45, 7) is 66.1. The number of rotatable bonds is 7. The average molecular weight is 680 g/mol. The first-order valence-corrected chi connectivity index (χ1v) is 16.4. The fourth-order valence-corrected chi connectivity index (χ4v) is 1.56. The van der Waals surface area contributed by atoms with Crippen LogP contribution in [-0.4, -0.2) is 54.8 Å². The largest absolute Gasteiger partial charge is 0.464 e. The van der Waals surface area contributed by atoms with Gasteiger partial charge in [0.25, 0.3) is 25.0 Å². The maximum atomic E-state index is 10.0. The van der Waals surface area contributed by atoms with Crippen molar-refractivity contribution < 1.29 is 28.6 Å². The first kappa shape index (κ1) is 54.3. The molecule has 0 aliphatic rings. The number of carbonyl (C=O) groups is 3. The fourth-order valence-electron chi connectivity index (χ4n) is 1.56. The molecule has 0 rings (SSSR count). The summed E-state index contributed by atoms with van der Waals surface area (Å²) in [4.78, 5) is 40.3. The quantitative estimate of drug-likeness (QED) is 0.151. The number of nitrogens with zero attached hydrogens (tertiary/aromatic N) is 3. The van der Waals surface area contributed by atoms with Gasteiger partial charge < -0.3 is 28.7 Å². The molecule has 280 valence electrons. The number of ether oxygens (including phenoxy) is 3. The molecule has 0 aromatic heterocycles. The Labute approximate surface area is 296 Å². The molecular formula is C39H73N3O6. The van der Waals surface area contributed by atoms with Crippen LogP contribution in [0.4, 0.5) is 0 Å². The van der Waals surface area contributed by atoms with Gasteiger partial charge in [-0.25, -0.2) is 19.7 Å². The molecule has 0 bridgehead atoms. The summed E-state index contributed by atoms with van der Waals surface area (Å²) in [6.07, 6.45) is -0.00463. The van der Waals surface area contributed by atoms with Crippen LogP contribution >= 0.6 is 0 Å². The highest BCUT2D eigenvalue weighted by Crippen LogP contribution is 2.34. The molecule has 9 nitrogen and oxygen atoms in total. The normalized spacial score (nSPS) is 14.3. The molecule has 0 saturated heterocycles. The van der Waals surface area contributed by atoms with Crippen LogP contribution in [0.25, 0.3) is 14.5 Å². The van der Waals surface area contributed by atoms with Gasteiger partial charge in [-0.3, -0.25) is 14.4 Å². The van der Waals surface area contributed by atoms with Crippen molar-refractivity contribution >= 4 is 19.4 Å². The maximum Gasteiger partial charge on any atom is 0.293 e. The fraction of sp³-hybridized carbons (Fsp3) is 0.846. The first-order valence-electron chi connectivity index (χ1n) is 16.4. The molecule has 0 aromatic carbocycles. The minimum Gasteiger partial charge on any atom is -0.464 e. The van der Waals surface area contributed by atoms with Gasteiger partial charge in [0.15, 0.2) is 6.61 Å². The lowest BCUT2D eigenvalue weighted by Gasteiger charge is -2.36. The molecule has 0 saturated carbocycles. The lowest BCUT2D eigenvalue weighted by molar-refractivity contribution is -0.150. The Morgan fingerprint density at radius 3 is 1.08 bits per heavy atom. The Balaban J connectivity index is -0.000000162. The Bertz CT molecular complexity index is 1040. The predicted molar refractivity (Wildman–Crippen MR) is 199 cm³/mol. The molecule has 0 fully saturated rings. The molecule has 3 unspecified atom stereocenters. The smallest absolute Gasteiger partial charge is 0.293 e. The van der Waals surface area contributed by atoms with Crippen LogP contribution in [0.3, 0.4) is 0 Å². The zero-order chi connectivity index (χ0) is 40.2. The third-order valence-corrected chi connectivity index (χ3v) is 9.49. The van der Waals surface area contributed by atoms with E-state index in [0.717, 1.165) is 0 Å². The van der Waals surface area contributed by atoms with Crippen LogP contribution in [0.15, 0.2) is 0 Å². The van der Waals surface area contributed by atoms with Crippen molar-refractivity contribution in [2.75, 3.05) is 6.61 Å². The van der Waals surface area contributed by atoms with Crippen LogP contribution in [0.5, 0.6) is 0 Å². The van der Waals surface area contributed by atoms with Crippen LogP contribution < -0.4 is 0 Å². The van der Waals surface area contributed by atoms with E-state index in [9.17, 15) is 14.4 Å². The summed E-state index contributed by atoms with van der Waals surface area (Å²) in [5.74, 6) is 0. The van der Waals surface area contributed by atoms with E-state index in [1.807, 2.05) is 104 Å². The van der Waals surface area contributed by atoms with E-state index >= 15 is 0 Å². The highest BCUT2D eigenvalue weighted by molar-refractivity contribution is 5.38. The third-order valence-electron chi connectivity index (χ3n) is 9.49. The van der Waals surface area contributed by atoms with E-state index in [1.54, 1.807) is 6.92 Å². The van der Waals surface area contributed by atoms with Gasteiger partial charge in [0.2, 0.25) is 11.6 Å². The van der Waals surface area contributed by atoms with Gasteiger partial charge in [0.05, 0.1) is 0 Å². The number of hydrogen-bond acceptors (Lipinski definition) is 6. The van der Waals surface area contributed by atoms with Crippen molar-refractivity contribution in [1.82, 2.24) is 0 Å². The molecule has 9 heteroatoms. The van der Waals surface area contributed by atoms with E-state index in [-0.39, 0.29) is 57.0 Å². The van der Waals surface area contributed by atoms with Crippen LogP contribution in [0.1, 0.15) is 152 Å². The van der Waals surface area contributed by atoms with Crippen molar-refractivity contribution in [2.24, 2.45) is 27.1 Å². The van der Waals surface area contributed by atoms with E-state index < -0.39 is 5.54 Å². The lowest BCUT2D eigenvalue weighted by Crippen LogP contribution is -2.40. The topological polar surface area (TPSA) is 92.0 Å². The SMILES string of the molecule is CC(C)(C)C(C)(C)OC=O.CC(OC=O)C(C)(C)C.[C-]#[N+]C(C)(C)C(C)(C)C.[C-]#[N+]C(C)(COC=O)C(C)(C)C.[C-]#[N+]C(C)C(C)(C)C. The van der Waals surface area contributed by atoms with Gasteiger partial charge in [-0.15, -0.1) is 0 Å². The zero-order valence-corrected chi connectivity index (χ0v) is 34.9. The van der Waals surface area contributed by atoms with Gasteiger partial charge in [-0.2, -0.15) is 0 Å². The maximum absolute atomic E-state index is 10.0. The Hall–Kier alpha value is -3.12. The van der Waals surface area contributed by atoms with Gasteiger partial charge >= 0.3 is 0 Å². The van der Waals surface area contributed by atoms with Gasteiger partial charge in [-0.1, -0.05) is 104 Å². The lowest BCUT2D eigenvalue weighted by atomic mass is 9.76. The Morgan fingerprint density at radius 1 is 0.562 bits per heavy atom. The van der Waals surface area contributed by atoms with Gasteiger partial charge in [0, 0.05) is 49.4 Å². The highest BCUT2D eigenvalue weighted by Gasteiger charge is 2.45. The van der Waals surface area contributed by atoms with Crippen molar-refractivity contribution in [2.45, 2.75) is 181 Å². The van der Waals surface area contributed by atoms with Crippen LogP contribution in [-0.2, 0) is 28.6 Å². The van der Waals surface area contributed by atoms with Gasteiger partial charge in [-0.05, 0) is 26.2 Å². The summed E-state index contributed by atoms with van der Waals surface area (Å²) in [7, 11) is 0. The summed E-state index contributed by atoms with van der Waals surface area (Å²) >= 11 is 0. The van der Waals surface area contributed by atoms with Crippen molar-refractivity contribution in [1.29, 1.82) is 0 Å². The summed E-state index contributed by atoms with van der Waals surface area (Å²) in [5.41, 5.74) is -1.13. The summed E-state index contributed by atoms with van der Waals surface area (Å²) in [5, 5.41) is 0. The Morgan fingerprint density at radius 2 is 0.979 bits per heavy atom. The monoisotopic (exact) mass is 680 g/mol. The third kappa shape index (κ3) is 24.1. The van der Waals surface area contributed by atoms with Crippen LogP contribution in [0.2, 0.25) is 0 Å². The second kappa shape index (κ2) is 21.8. The minimum absolute atomic E-state index is 0.00463. The average Bonchev–Trinajstić information content (AvgIpc) is 2.89. The van der Waals surface area contributed by atoms with Gasteiger partial charge in [0.1, 0.15) is 11.7 Å². The van der Waals surface area contributed by atoms with E-state index in [0.29, 0.717) is 19.4 Å². The second-order valence-electron chi connectivity index (χ2n) is 18.3. The van der Waals surface area contributed by atoms with Crippen molar-refractivity contribution in [3.63, 3.8) is 0 Å². The van der Waals surface area contributed by atoms with Crippen molar-refractivity contribution in [3.8, 4) is 0 Å². The standard InChI is InChI=1S/C9H15NO2.C8H15N.C8H16O2.C7H13N.C7H14O2/c1-8(2,3)9(4,10-5)6-12-7-11;1-7(2,3)8(4,5)9-6;1-7(2,3)8(4,5)10-6-9;1-6(8-5)7(2,3)4;1-6(9-5-8)7(2,3)4/h7H,6H2,1-4H3;1-5H3;6H,1-5H3;6H,1-4H3;5-6H,1-4H3. The van der Waals surface area contributed by atoms with E-state index in [4.69, 9.17) is 29.2 Å². The van der Waals surface area contributed by atoms with Crippen LogP contribution in [0, 0.1) is 46.8 Å². The van der Waals surface area contributed by atoms with E-state index in [1.165, 1.54) is 0 Å². The molecule has 0 N–H and O–H groups in total. The summed E-state index contributed by atoms with van der Waals surface area (Å²) < 4.78 is 14.3. The first-order chi connectivity index (χ1) is 21.0. The molecule has 0 spiro atoms. The zero-order valence-electron chi connectivity index (χ0n) is 34.9. The Kier molecular flexibility index (Phi) is 24.6. The minimum atomic E-state index is -0.631. The number of hydrogen-bond donors (Lipinski definition) is 0.